The molecule has 0 aliphatic heterocycles. The topological polar surface area (TPSA) is 69.6 Å². The Kier molecular flexibility index (Phi) is 5.52. The Morgan fingerprint density at radius 1 is 1.33 bits per heavy atom. The van der Waals surface area contributed by atoms with Gasteiger partial charge in [-0.15, -0.1) is 6.58 Å². The van der Waals surface area contributed by atoms with Crippen LogP contribution in [0.3, 0.4) is 0 Å². The van der Waals surface area contributed by atoms with Crippen LogP contribution in [-0.2, 0) is 4.79 Å². The van der Waals surface area contributed by atoms with Gasteiger partial charge in [-0.25, -0.2) is 9.59 Å². The standard InChI is InChI=1S/C16H22N2O3/c1-5-11-18(16(2,3)4)15(21)17-13(14(19)20)12-9-7-6-8-10-12/h5-10,13H,1,11H2,2-4H3,(H,17,21)(H,19,20)/t13-/m1/s1. The molecule has 0 bridgehead atoms. The normalized spacial score (nSPS) is 12.3. The van der Waals surface area contributed by atoms with Crippen molar-refractivity contribution in [2.75, 3.05) is 6.54 Å². The third-order valence-corrected chi connectivity index (χ3v) is 3.01. The minimum atomic E-state index is -1.10. The maximum Gasteiger partial charge on any atom is 0.330 e. The van der Waals surface area contributed by atoms with Gasteiger partial charge in [-0.05, 0) is 26.3 Å². The second-order valence-corrected chi connectivity index (χ2v) is 5.70. The molecule has 114 valence electrons. The summed E-state index contributed by atoms with van der Waals surface area (Å²) < 4.78 is 0. The van der Waals surface area contributed by atoms with Crippen molar-refractivity contribution in [3.8, 4) is 0 Å². The highest BCUT2D eigenvalue weighted by atomic mass is 16.4. The van der Waals surface area contributed by atoms with Crippen molar-refractivity contribution in [2.24, 2.45) is 0 Å². The Hall–Kier alpha value is -2.30. The lowest BCUT2D eigenvalue weighted by Crippen LogP contribution is -2.52. The number of carbonyl (C=O) groups excluding carboxylic acids is 1. The van der Waals surface area contributed by atoms with Crippen LogP contribution >= 0.6 is 0 Å². The highest BCUT2D eigenvalue weighted by Crippen LogP contribution is 2.17. The number of amides is 2. The summed E-state index contributed by atoms with van der Waals surface area (Å²) in [5.74, 6) is -1.10. The van der Waals surface area contributed by atoms with E-state index in [1.807, 2.05) is 20.8 Å². The third kappa shape index (κ3) is 4.63. The van der Waals surface area contributed by atoms with Gasteiger partial charge >= 0.3 is 12.0 Å². The summed E-state index contributed by atoms with van der Waals surface area (Å²) in [6, 6.07) is 7.11. The fourth-order valence-corrected chi connectivity index (χ4v) is 1.93. The van der Waals surface area contributed by atoms with Crippen LogP contribution < -0.4 is 5.32 Å². The minimum Gasteiger partial charge on any atom is -0.479 e. The van der Waals surface area contributed by atoms with E-state index < -0.39 is 23.6 Å². The van der Waals surface area contributed by atoms with Gasteiger partial charge in [-0.3, -0.25) is 0 Å². The van der Waals surface area contributed by atoms with Gasteiger partial charge in [0.1, 0.15) is 0 Å². The summed E-state index contributed by atoms with van der Waals surface area (Å²) in [6.07, 6.45) is 1.61. The first-order valence-corrected chi connectivity index (χ1v) is 6.74. The molecule has 1 aromatic carbocycles. The molecule has 0 spiro atoms. The smallest absolute Gasteiger partial charge is 0.330 e. The number of nitrogens with zero attached hydrogens (tertiary/aromatic N) is 1. The zero-order valence-electron chi connectivity index (χ0n) is 12.7. The number of nitrogens with one attached hydrogen (secondary N) is 1. The number of hydrogen-bond acceptors (Lipinski definition) is 2. The fraction of sp³-hybridized carbons (Fsp3) is 0.375. The van der Waals surface area contributed by atoms with Gasteiger partial charge in [-0.2, -0.15) is 0 Å². The van der Waals surface area contributed by atoms with E-state index in [0.29, 0.717) is 12.1 Å². The van der Waals surface area contributed by atoms with Crippen LogP contribution in [0.1, 0.15) is 32.4 Å². The van der Waals surface area contributed by atoms with Crippen LogP contribution in [0.2, 0.25) is 0 Å². The molecule has 0 saturated heterocycles. The van der Waals surface area contributed by atoms with Crippen LogP contribution in [0.4, 0.5) is 4.79 Å². The summed E-state index contributed by atoms with van der Waals surface area (Å²) in [5, 5.41) is 11.9. The van der Waals surface area contributed by atoms with Gasteiger partial charge in [-0.1, -0.05) is 36.4 Å². The molecular weight excluding hydrogens is 268 g/mol. The molecule has 2 N–H and O–H groups in total. The lowest BCUT2D eigenvalue weighted by Gasteiger charge is -2.35. The Labute approximate surface area is 125 Å². The molecular formula is C16H22N2O3. The van der Waals surface area contributed by atoms with E-state index >= 15 is 0 Å². The molecule has 0 aliphatic carbocycles. The summed E-state index contributed by atoms with van der Waals surface area (Å²) in [7, 11) is 0. The average Bonchev–Trinajstić information content (AvgIpc) is 2.41. The largest absolute Gasteiger partial charge is 0.479 e. The Balaban J connectivity index is 2.96. The number of carbonyl (C=O) groups is 2. The minimum absolute atomic E-state index is 0.344. The second kappa shape index (κ2) is 6.92. The van der Waals surface area contributed by atoms with Crippen LogP contribution in [0, 0.1) is 0 Å². The van der Waals surface area contributed by atoms with Crippen molar-refractivity contribution in [1.29, 1.82) is 0 Å². The van der Waals surface area contributed by atoms with Gasteiger partial charge in [0.2, 0.25) is 0 Å². The Bertz CT molecular complexity index is 506. The first-order chi connectivity index (χ1) is 9.77. The van der Waals surface area contributed by atoms with Crippen LogP contribution in [-0.4, -0.2) is 34.1 Å². The second-order valence-electron chi connectivity index (χ2n) is 5.70. The highest BCUT2D eigenvalue weighted by Gasteiger charge is 2.29. The van der Waals surface area contributed by atoms with E-state index in [0.717, 1.165) is 0 Å². The lowest BCUT2D eigenvalue weighted by molar-refractivity contribution is -0.139. The van der Waals surface area contributed by atoms with E-state index in [1.54, 1.807) is 41.3 Å². The predicted octanol–water partition coefficient (Wildman–Crippen LogP) is 2.81. The molecule has 1 rings (SSSR count). The van der Waals surface area contributed by atoms with Crippen molar-refractivity contribution in [3.63, 3.8) is 0 Å². The zero-order valence-corrected chi connectivity index (χ0v) is 12.7. The van der Waals surface area contributed by atoms with Crippen molar-refractivity contribution in [3.05, 3.63) is 48.6 Å². The number of carboxylic acids is 1. The zero-order chi connectivity index (χ0) is 16.0. The first kappa shape index (κ1) is 16.8. The van der Waals surface area contributed by atoms with E-state index in [4.69, 9.17) is 0 Å². The fourth-order valence-electron chi connectivity index (χ4n) is 1.93. The van der Waals surface area contributed by atoms with Crippen molar-refractivity contribution >= 4 is 12.0 Å². The number of benzene rings is 1. The van der Waals surface area contributed by atoms with Crippen molar-refractivity contribution < 1.29 is 14.7 Å². The third-order valence-electron chi connectivity index (χ3n) is 3.01. The number of hydrogen-bond donors (Lipinski definition) is 2. The Morgan fingerprint density at radius 2 is 1.90 bits per heavy atom. The first-order valence-electron chi connectivity index (χ1n) is 6.74. The molecule has 1 aromatic rings. The molecule has 0 radical (unpaired) electrons. The summed E-state index contributed by atoms with van der Waals surface area (Å²) in [4.78, 5) is 25.3. The number of urea groups is 1. The van der Waals surface area contributed by atoms with Crippen LogP contribution in [0.5, 0.6) is 0 Å². The monoisotopic (exact) mass is 290 g/mol. The van der Waals surface area contributed by atoms with E-state index in [-0.39, 0.29) is 0 Å². The maximum atomic E-state index is 12.4. The molecule has 0 saturated carbocycles. The van der Waals surface area contributed by atoms with Gasteiger partial charge in [0, 0.05) is 12.1 Å². The molecule has 5 heteroatoms. The molecule has 0 aromatic heterocycles. The van der Waals surface area contributed by atoms with E-state index in [9.17, 15) is 14.7 Å². The molecule has 5 nitrogen and oxygen atoms in total. The van der Waals surface area contributed by atoms with Gasteiger partial charge < -0.3 is 15.3 Å². The molecule has 0 aliphatic rings. The number of rotatable bonds is 5. The van der Waals surface area contributed by atoms with Crippen LogP contribution in [0.15, 0.2) is 43.0 Å². The summed E-state index contributed by atoms with van der Waals surface area (Å²) >= 11 is 0. The molecule has 1 atom stereocenters. The summed E-state index contributed by atoms with van der Waals surface area (Å²) in [5.41, 5.74) is 0.101. The summed E-state index contributed by atoms with van der Waals surface area (Å²) in [6.45, 7) is 9.62. The van der Waals surface area contributed by atoms with Gasteiger partial charge in [0.15, 0.2) is 6.04 Å². The van der Waals surface area contributed by atoms with E-state index in [2.05, 4.69) is 11.9 Å². The molecule has 0 fully saturated rings. The lowest BCUT2D eigenvalue weighted by atomic mass is 10.1. The highest BCUT2D eigenvalue weighted by molar-refractivity contribution is 5.84. The SMILES string of the molecule is C=CCN(C(=O)N[C@@H](C(=O)O)c1ccccc1)C(C)(C)C. The van der Waals surface area contributed by atoms with Crippen molar-refractivity contribution in [2.45, 2.75) is 32.4 Å². The maximum absolute atomic E-state index is 12.4. The predicted molar refractivity (Wildman–Crippen MR) is 82.0 cm³/mol. The van der Waals surface area contributed by atoms with Gasteiger partial charge in [0.25, 0.3) is 0 Å². The number of aliphatic carboxylic acids is 1. The van der Waals surface area contributed by atoms with Crippen LogP contribution in [0.25, 0.3) is 0 Å². The molecule has 0 heterocycles. The quantitative estimate of drug-likeness (QED) is 0.819. The molecule has 0 unspecified atom stereocenters. The average molecular weight is 290 g/mol. The molecule has 21 heavy (non-hydrogen) atoms. The van der Waals surface area contributed by atoms with E-state index in [1.165, 1.54) is 0 Å². The van der Waals surface area contributed by atoms with Gasteiger partial charge in [0.05, 0.1) is 0 Å². The van der Waals surface area contributed by atoms with Crippen molar-refractivity contribution in [1.82, 2.24) is 10.2 Å². The molecule has 2 amide bonds. The Morgan fingerprint density at radius 3 is 2.33 bits per heavy atom. The number of carboxylic acid groups (broad SMARTS) is 1.